The Morgan fingerprint density at radius 2 is 1.83 bits per heavy atom. The van der Waals surface area contributed by atoms with Crippen LogP contribution >= 0.6 is 0 Å². The Morgan fingerprint density at radius 1 is 1.13 bits per heavy atom. The van der Waals surface area contributed by atoms with Gasteiger partial charge in [0.2, 0.25) is 0 Å². The third kappa shape index (κ3) is 3.81. The van der Waals surface area contributed by atoms with Crippen LogP contribution in [0.15, 0.2) is 12.1 Å². The van der Waals surface area contributed by atoms with E-state index in [1.165, 1.54) is 32.1 Å². The van der Waals surface area contributed by atoms with Gasteiger partial charge in [0.1, 0.15) is 5.82 Å². The molecule has 0 radical (unpaired) electrons. The third-order valence-electron chi connectivity index (χ3n) is 8.15. The summed E-state index contributed by atoms with van der Waals surface area (Å²) in [6.45, 7) is 3.52. The van der Waals surface area contributed by atoms with Crippen LogP contribution in [-0.2, 0) is 4.79 Å². The fourth-order valence-electron chi connectivity index (χ4n) is 7.04. The number of rotatable bonds is 5. The minimum Gasteiger partial charge on any atom is -0.481 e. The largest absolute Gasteiger partial charge is 0.481 e. The minimum absolute atomic E-state index is 0.0198. The Hall–Kier alpha value is -2.11. The molecule has 4 saturated carbocycles. The maximum absolute atomic E-state index is 13.1. The highest BCUT2D eigenvalue weighted by atomic mass is 16.4. The number of aromatic nitrogens is 1. The SMILES string of the molecule is Cc1nc(N2CCCC(CC(=O)O)C2)ccc1C(=O)NC1C2CC3CC(C2)CC1C3. The molecule has 6 nitrogen and oxygen atoms in total. The van der Waals surface area contributed by atoms with Gasteiger partial charge >= 0.3 is 5.97 Å². The van der Waals surface area contributed by atoms with Crippen LogP contribution < -0.4 is 10.2 Å². The van der Waals surface area contributed by atoms with Crippen LogP contribution in [0.25, 0.3) is 0 Å². The summed E-state index contributed by atoms with van der Waals surface area (Å²) in [6.07, 6.45) is 8.73. The molecule has 6 heteroatoms. The summed E-state index contributed by atoms with van der Waals surface area (Å²) in [4.78, 5) is 31.1. The fourth-order valence-corrected chi connectivity index (χ4v) is 7.04. The van der Waals surface area contributed by atoms with E-state index in [0.29, 0.717) is 23.4 Å². The number of hydrogen-bond donors (Lipinski definition) is 2. The lowest BCUT2D eigenvalue weighted by atomic mass is 9.54. The summed E-state index contributed by atoms with van der Waals surface area (Å²) in [6, 6.07) is 4.18. The Balaban J connectivity index is 1.26. The van der Waals surface area contributed by atoms with Gasteiger partial charge in [-0.3, -0.25) is 9.59 Å². The van der Waals surface area contributed by atoms with Crippen LogP contribution in [0.1, 0.15) is 67.4 Å². The van der Waals surface area contributed by atoms with Crippen molar-refractivity contribution < 1.29 is 14.7 Å². The minimum atomic E-state index is -0.734. The number of carbonyl (C=O) groups is 2. The molecule has 4 aliphatic carbocycles. The molecule has 2 heterocycles. The molecule has 5 aliphatic rings. The molecular formula is C24H33N3O3. The van der Waals surface area contributed by atoms with Crippen molar-refractivity contribution in [2.24, 2.45) is 29.6 Å². The molecule has 1 amide bonds. The van der Waals surface area contributed by atoms with E-state index in [-0.39, 0.29) is 18.2 Å². The standard InChI is InChI=1S/C24H33N3O3/c1-14-20(4-5-21(25-14)27-6-2-3-15(13-27)12-22(28)29)24(30)26-23-18-8-16-7-17(10-18)11-19(23)9-16/h4-5,15-19,23H,2-3,6-13H2,1H3,(H,26,30)(H,28,29). The highest BCUT2D eigenvalue weighted by molar-refractivity contribution is 5.95. The quantitative estimate of drug-likeness (QED) is 0.773. The predicted octanol–water partition coefficient (Wildman–Crippen LogP) is 3.64. The summed E-state index contributed by atoms with van der Waals surface area (Å²) >= 11 is 0. The van der Waals surface area contributed by atoms with Crippen LogP contribution in [0.4, 0.5) is 5.82 Å². The number of aryl methyl sites for hydroxylation is 1. The predicted molar refractivity (Wildman–Crippen MR) is 114 cm³/mol. The lowest BCUT2D eigenvalue weighted by molar-refractivity contribution is -0.138. The molecule has 30 heavy (non-hydrogen) atoms. The van der Waals surface area contributed by atoms with E-state index in [2.05, 4.69) is 10.2 Å². The zero-order chi connectivity index (χ0) is 20.8. The number of nitrogens with zero attached hydrogens (tertiary/aromatic N) is 2. The monoisotopic (exact) mass is 411 g/mol. The van der Waals surface area contributed by atoms with Gasteiger partial charge in [-0.15, -0.1) is 0 Å². The van der Waals surface area contributed by atoms with E-state index in [1.807, 2.05) is 19.1 Å². The van der Waals surface area contributed by atoms with Crippen molar-refractivity contribution in [3.63, 3.8) is 0 Å². The van der Waals surface area contributed by atoms with Gasteiger partial charge in [0.15, 0.2) is 0 Å². The number of anilines is 1. The van der Waals surface area contributed by atoms with Gasteiger partial charge < -0.3 is 15.3 Å². The zero-order valence-corrected chi connectivity index (χ0v) is 17.8. The third-order valence-corrected chi connectivity index (χ3v) is 8.15. The molecule has 6 rings (SSSR count). The first-order chi connectivity index (χ1) is 14.5. The van der Waals surface area contributed by atoms with Gasteiger partial charge in [-0.2, -0.15) is 0 Å². The normalized spacial score (nSPS) is 34.8. The summed E-state index contributed by atoms with van der Waals surface area (Å²) in [5, 5.41) is 12.5. The van der Waals surface area contributed by atoms with Gasteiger partial charge in [0, 0.05) is 25.6 Å². The van der Waals surface area contributed by atoms with Crippen molar-refractivity contribution in [1.29, 1.82) is 0 Å². The van der Waals surface area contributed by atoms with Crippen LogP contribution in [-0.4, -0.2) is 41.1 Å². The summed E-state index contributed by atoms with van der Waals surface area (Å²) < 4.78 is 0. The maximum atomic E-state index is 13.1. The summed E-state index contributed by atoms with van der Waals surface area (Å²) in [5.41, 5.74) is 1.43. The van der Waals surface area contributed by atoms with Crippen molar-refractivity contribution in [3.05, 3.63) is 23.4 Å². The van der Waals surface area contributed by atoms with Gasteiger partial charge in [0.05, 0.1) is 11.3 Å². The van der Waals surface area contributed by atoms with Crippen molar-refractivity contribution in [1.82, 2.24) is 10.3 Å². The first-order valence-corrected chi connectivity index (χ1v) is 11.7. The summed E-state index contributed by atoms with van der Waals surface area (Å²) in [5.74, 6) is 3.44. The lowest BCUT2D eigenvalue weighted by Gasteiger charge is -2.54. The van der Waals surface area contributed by atoms with Crippen LogP contribution in [0.3, 0.4) is 0 Å². The highest BCUT2D eigenvalue weighted by Crippen LogP contribution is 2.53. The topological polar surface area (TPSA) is 82.5 Å². The Morgan fingerprint density at radius 3 is 2.47 bits per heavy atom. The van der Waals surface area contributed by atoms with Gasteiger partial charge in [-0.1, -0.05) is 0 Å². The van der Waals surface area contributed by atoms with Crippen molar-refractivity contribution in [3.8, 4) is 0 Å². The number of piperidine rings is 1. The number of aliphatic carboxylic acids is 1. The van der Waals surface area contributed by atoms with E-state index in [4.69, 9.17) is 10.1 Å². The Labute approximate surface area is 178 Å². The molecular weight excluding hydrogens is 378 g/mol. The van der Waals surface area contributed by atoms with E-state index in [0.717, 1.165) is 49.3 Å². The van der Waals surface area contributed by atoms with Gasteiger partial charge in [0.25, 0.3) is 5.91 Å². The van der Waals surface area contributed by atoms with Gasteiger partial charge in [-0.05, 0) is 93.6 Å². The molecule has 1 atom stereocenters. The smallest absolute Gasteiger partial charge is 0.303 e. The first kappa shape index (κ1) is 19.8. The average Bonchev–Trinajstić information content (AvgIpc) is 2.69. The second-order valence-electron chi connectivity index (χ2n) is 10.3. The molecule has 1 aromatic rings. The van der Waals surface area contributed by atoms with Crippen LogP contribution in [0.5, 0.6) is 0 Å². The van der Waals surface area contributed by atoms with Crippen molar-refractivity contribution in [2.75, 3.05) is 18.0 Å². The van der Waals surface area contributed by atoms with E-state index in [1.54, 1.807) is 0 Å². The molecule has 1 saturated heterocycles. The van der Waals surface area contributed by atoms with Crippen molar-refractivity contribution in [2.45, 2.75) is 64.3 Å². The fraction of sp³-hybridized carbons (Fsp3) is 0.708. The van der Waals surface area contributed by atoms with Crippen LogP contribution in [0, 0.1) is 36.5 Å². The second-order valence-corrected chi connectivity index (χ2v) is 10.3. The Kier molecular flexibility index (Phi) is 5.19. The molecule has 2 N–H and O–H groups in total. The molecule has 1 aromatic heterocycles. The molecule has 0 spiro atoms. The molecule has 4 bridgehead atoms. The van der Waals surface area contributed by atoms with E-state index >= 15 is 0 Å². The number of carboxylic acid groups (broad SMARTS) is 1. The number of hydrogen-bond acceptors (Lipinski definition) is 4. The molecule has 1 unspecified atom stereocenters. The van der Waals surface area contributed by atoms with Gasteiger partial charge in [-0.25, -0.2) is 4.98 Å². The van der Waals surface area contributed by atoms with E-state index < -0.39 is 5.97 Å². The number of carboxylic acids is 1. The second kappa shape index (κ2) is 7.86. The lowest BCUT2D eigenvalue weighted by Crippen LogP contribution is -2.55. The molecule has 0 aromatic carbocycles. The number of amides is 1. The van der Waals surface area contributed by atoms with Crippen LogP contribution in [0.2, 0.25) is 0 Å². The summed E-state index contributed by atoms with van der Waals surface area (Å²) in [7, 11) is 0. The zero-order valence-electron chi connectivity index (χ0n) is 17.8. The molecule has 1 aliphatic heterocycles. The highest BCUT2D eigenvalue weighted by Gasteiger charge is 2.48. The average molecular weight is 412 g/mol. The maximum Gasteiger partial charge on any atom is 0.303 e. The number of pyridine rings is 1. The molecule has 5 fully saturated rings. The number of carbonyl (C=O) groups excluding carboxylic acids is 1. The number of nitrogens with one attached hydrogen (secondary N) is 1. The first-order valence-electron chi connectivity index (χ1n) is 11.7. The molecule has 162 valence electrons. The van der Waals surface area contributed by atoms with E-state index in [9.17, 15) is 9.59 Å². The Bertz CT molecular complexity index is 811. The van der Waals surface area contributed by atoms with Crippen molar-refractivity contribution >= 4 is 17.7 Å².